The molecule has 12 heavy (non-hydrogen) atoms. The Morgan fingerprint density at radius 3 is 2.75 bits per heavy atom. The molecule has 0 unspecified atom stereocenters. The zero-order valence-corrected chi connectivity index (χ0v) is 7.46. The number of hydrogen-bond donors (Lipinski definition) is 2. The van der Waals surface area contributed by atoms with Gasteiger partial charge in [-0.2, -0.15) is 0 Å². The van der Waals surface area contributed by atoms with Crippen LogP contribution in [0.2, 0.25) is 0 Å². The fraction of sp³-hybridized carbons (Fsp3) is 0.857. The predicted molar refractivity (Wildman–Crippen MR) is 44.2 cm³/mol. The van der Waals surface area contributed by atoms with Crippen LogP contribution >= 0.6 is 0 Å². The fourth-order valence-corrected chi connectivity index (χ4v) is 1.39. The Bertz CT molecular complexity index is 177. The first-order valence-corrected chi connectivity index (χ1v) is 3.86. The molecule has 1 saturated heterocycles. The molecule has 70 valence electrons. The number of carbonyl (C=O) groups is 1. The van der Waals surface area contributed by atoms with E-state index in [1.807, 2.05) is 11.8 Å². The van der Waals surface area contributed by atoms with Crippen molar-refractivity contribution in [3.63, 3.8) is 0 Å². The van der Waals surface area contributed by atoms with Crippen LogP contribution in [0, 0.1) is 0 Å². The molecule has 0 aliphatic carbocycles. The number of likely N-dealkylation sites (tertiary alicyclic amines) is 1. The van der Waals surface area contributed by atoms with Gasteiger partial charge in [-0.15, -0.1) is 0 Å². The SMILES string of the molecule is COC1(C)CN(CC(=O)NN)C1. The topological polar surface area (TPSA) is 67.6 Å². The molecule has 1 aliphatic heterocycles. The number of ether oxygens (including phenoxy) is 1. The van der Waals surface area contributed by atoms with Crippen molar-refractivity contribution < 1.29 is 9.53 Å². The van der Waals surface area contributed by atoms with Crippen LogP contribution in [0.5, 0.6) is 0 Å². The predicted octanol–water partition coefficient (Wildman–Crippen LogP) is -1.30. The van der Waals surface area contributed by atoms with Gasteiger partial charge in [0.25, 0.3) is 0 Å². The average molecular weight is 173 g/mol. The van der Waals surface area contributed by atoms with E-state index in [0.717, 1.165) is 13.1 Å². The quantitative estimate of drug-likeness (QED) is 0.316. The highest BCUT2D eigenvalue weighted by Gasteiger charge is 2.39. The van der Waals surface area contributed by atoms with Gasteiger partial charge in [-0.25, -0.2) is 5.84 Å². The zero-order valence-electron chi connectivity index (χ0n) is 7.46. The number of nitrogens with one attached hydrogen (secondary N) is 1. The number of rotatable bonds is 3. The summed E-state index contributed by atoms with van der Waals surface area (Å²) in [6.07, 6.45) is 0. The highest BCUT2D eigenvalue weighted by atomic mass is 16.5. The highest BCUT2D eigenvalue weighted by molar-refractivity contribution is 5.77. The van der Waals surface area contributed by atoms with E-state index >= 15 is 0 Å². The van der Waals surface area contributed by atoms with Crippen LogP contribution in [-0.2, 0) is 9.53 Å². The summed E-state index contributed by atoms with van der Waals surface area (Å²) in [6, 6.07) is 0. The summed E-state index contributed by atoms with van der Waals surface area (Å²) in [6.45, 7) is 3.95. The Morgan fingerprint density at radius 1 is 1.75 bits per heavy atom. The number of methoxy groups -OCH3 is 1. The van der Waals surface area contributed by atoms with Gasteiger partial charge in [-0.3, -0.25) is 15.1 Å². The Kier molecular flexibility index (Phi) is 2.66. The molecule has 0 aromatic rings. The van der Waals surface area contributed by atoms with Crippen molar-refractivity contribution in [2.24, 2.45) is 5.84 Å². The smallest absolute Gasteiger partial charge is 0.248 e. The lowest BCUT2D eigenvalue weighted by Crippen LogP contribution is -2.62. The molecule has 0 aromatic heterocycles. The van der Waals surface area contributed by atoms with E-state index in [2.05, 4.69) is 5.43 Å². The normalized spacial score (nSPS) is 21.6. The highest BCUT2D eigenvalue weighted by Crippen LogP contribution is 2.22. The molecule has 1 rings (SSSR count). The summed E-state index contributed by atoms with van der Waals surface area (Å²) in [4.78, 5) is 12.8. The molecule has 1 amide bonds. The largest absolute Gasteiger partial charge is 0.376 e. The van der Waals surface area contributed by atoms with Crippen molar-refractivity contribution in [2.45, 2.75) is 12.5 Å². The van der Waals surface area contributed by atoms with Crippen LogP contribution in [0.3, 0.4) is 0 Å². The lowest BCUT2D eigenvalue weighted by Gasteiger charge is -2.46. The van der Waals surface area contributed by atoms with E-state index in [4.69, 9.17) is 10.6 Å². The molecule has 0 aromatic carbocycles. The van der Waals surface area contributed by atoms with E-state index < -0.39 is 0 Å². The Hall–Kier alpha value is -0.650. The molecule has 5 nitrogen and oxygen atoms in total. The first-order chi connectivity index (χ1) is 5.59. The molecular formula is C7H15N3O2. The maximum absolute atomic E-state index is 10.8. The third kappa shape index (κ3) is 1.94. The molecule has 0 bridgehead atoms. The molecule has 0 saturated carbocycles. The monoisotopic (exact) mass is 173 g/mol. The van der Waals surface area contributed by atoms with Crippen LogP contribution < -0.4 is 11.3 Å². The molecule has 1 heterocycles. The van der Waals surface area contributed by atoms with Crippen molar-refractivity contribution in [2.75, 3.05) is 26.7 Å². The van der Waals surface area contributed by atoms with Crippen LogP contribution in [0.1, 0.15) is 6.92 Å². The van der Waals surface area contributed by atoms with Crippen LogP contribution in [0.15, 0.2) is 0 Å². The van der Waals surface area contributed by atoms with Gasteiger partial charge in [0.1, 0.15) is 0 Å². The zero-order chi connectivity index (χ0) is 9.19. The first-order valence-electron chi connectivity index (χ1n) is 3.86. The van der Waals surface area contributed by atoms with Gasteiger partial charge in [0.15, 0.2) is 0 Å². The Morgan fingerprint density at radius 2 is 2.33 bits per heavy atom. The Balaban J connectivity index is 2.21. The summed E-state index contributed by atoms with van der Waals surface area (Å²) in [5, 5.41) is 0. The fourth-order valence-electron chi connectivity index (χ4n) is 1.39. The maximum Gasteiger partial charge on any atom is 0.248 e. The van der Waals surface area contributed by atoms with Gasteiger partial charge >= 0.3 is 0 Å². The first kappa shape index (κ1) is 9.44. The molecule has 1 aliphatic rings. The van der Waals surface area contributed by atoms with Crippen molar-refractivity contribution in [1.29, 1.82) is 0 Å². The van der Waals surface area contributed by atoms with E-state index in [1.165, 1.54) is 0 Å². The summed E-state index contributed by atoms with van der Waals surface area (Å²) in [5.41, 5.74) is 2.01. The molecule has 3 N–H and O–H groups in total. The summed E-state index contributed by atoms with van der Waals surface area (Å²) < 4.78 is 5.21. The van der Waals surface area contributed by atoms with Gasteiger partial charge in [-0.1, -0.05) is 0 Å². The molecule has 5 heteroatoms. The van der Waals surface area contributed by atoms with E-state index in [-0.39, 0.29) is 11.5 Å². The van der Waals surface area contributed by atoms with Gasteiger partial charge < -0.3 is 4.74 Å². The molecule has 0 radical (unpaired) electrons. The lowest BCUT2D eigenvalue weighted by atomic mass is 9.97. The third-order valence-electron chi connectivity index (χ3n) is 2.14. The van der Waals surface area contributed by atoms with Crippen molar-refractivity contribution in [3.05, 3.63) is 0 Å². The van der Waals surface area contributed by atoms with Crippen molar-refractivity contribution in [1.82, 2.24) is 10.3 Å². The van der Waals surface area contributed by atoms with Crippen LogP contribution in [0.4, 0.5) is 0 Å². The number of nitrogens with zero attached hydrogens (tertiary/aromatic N) is 1. The van der Waals surface area contributed by atoms with E-state index in [1.54, 1.807) is 7.11 Å². The minimum absolute atomic E-state index is 0.0745. The molecule has 0 spiro atoms. The number of nitrogens with two attached hydrogens (primary N) is 1. The summed E-state index contributed by atoms with van der Waals surface area (Å²) >= 11 is 0. The van der Waals surface area contributed by atoms with Gasteiger partial charge in [0.2, 0.25) is 5.91 Å². The van der Waals surface area contributed by atoms with Crippen LogP contribution in [0.25, 0.3) is 0 Å². The van der Waals surface area contributed by atoms with Crippen molar-refractivity contribution in [3.8, 4) is 0 Å². The standard InChI is InChI=1S/C7H15N3O2/c1-7(12-2)4-10(5-7)3-6(11)9-8/h3-5,8H2,1-2H3,(H,9,11). The minimum Gasteiger partial charge on any atom is -0.376 e. The van der Waals surface area contributed by atoms with Gasteiger partial charge in [0, 0.05) is 20.2 Å². The number of carbonyl (C=O) groups excluding carboxylic acids is 1. The maximum atomic E-state index is 10.8. The Labute approximate surface area is 71.8 Å². The average Bonchev–Trinajstić information content (AvgIpc) is 2.01. The molecular weight excluding hydrogens is 158 g/mol. The summed E-state index contributed by atoms with van der Waals surface area (Å²) in [5.74, 6) is 4.78. The second-order valence-electron chi connectivity index (χ2n) is 3.37. The van der Waals surface area contributed by atoms with Crippen molar-refractivity contribution >= 4 is 5.91 Å². The lowest BCUT2D eigenvalue weighted by molar-refractivity contribution is -0.135. The molecule has 0 atom stereocenters. The van der Waals surface area contributed by atoms with E-state index in [9.17, 15) is 4.79 Å². The number of hydrogen-bond acceptors (Lipinski definition) is 4. The van der Waals surface area contributed by atoms with Crippen LogP contribution in [-0.4, -0.2) is 43.2 Å². The summed E-state index contributed by atoms with van der Waals surface area (Å²) in [7, 11) is 1.68. The number of amides is 1. The third-order valence-corrected chi connectivity index (χ3v) is 2.14. The second-order valence-corrected chi connectivity index (χ2v) is 3.37. The van der Waals surface area contributed by atoms with E-state index in [0.29, 0.717) is 6.54 Å². The minimum atomic E-state index is -0.159. The number of hydrazine groups is 1. The molecule has 1 fully saturated rings. The van der Waals surface area contributed by atoms with Gasteiger partial charge in [-0.05, 0) is 6.92 Å². The second kappa shape index (κ2) is 3.38. The van der Waals surface area contributed by atoms with Gasteiger partial charge in [0.05, 0.1) is 12.1 Å².